The maximum Gasteiger partial charge on any atom is 0.351 e. The van der Waals surface area contributed by atoms with Gasteiger partial charge in [0, 0.05) is 11.5 Å². The molecule has 0 amide bonds. The van der Waals surface area contributed by atoms with E-state index in [4.69, 9.17) is 9.15 Å². The molecule has 1 aromatic carbocycles. The average molecular weight is 330 g/mol. The van der Waals surface area contributed by atoms with E-state index < -0.39 is 17.6 Å². The Labute approximate surface area is 138 Å². The van der Waals surface area contributed by atoms with Crippen LogP contribution in [-0.2, 0) is 14.3 Å². The topological polar surface area (TPSA) is 82.8 Å². The van der Waals surface area contributed by atoms with E-state index in [1.807, 2.05) is 6.92 Å². The molecule has 2 rings (SSSR count). The summed E-state index contributed by atoms with van der Waals surface area (Å²) in [7, 11) is 1.19. The van der Waals surface area contributed by atoms with E-state index >= 15 is 0 Å². The molecule has 0 aliphatic heterocycles. The Balaban J connectivity index is 2.24. The average Bonchev–Trinajstić information content (AvgIpc) is 2.59. The van der Waals surface area contributed by atoms with Crippen molar-refractivity contribution in [2.75, 3.05) is 13.7 Å². The number of ether oxygens (including phenoxy) is 2. The number of carbonyl (C=O) groups excluding carboxylic acids is 2. The van der Waals surface area contributed by atoms with Gasteiger partial charge in [-0.15, -0.1) is 0 Å². The lowest BCUT2D eigenvalue weighted by atomic mass is 10.1. The number of hydrogen-bond donors (Lipinski definition) is 0. The first-order chi connectivity index (χ1) is 11.5. The molecule has 0 saturated heterocycles. The number of rotatable bonds is 6. The van der Waals surface area contributed by atoms with Gasteiger partial charge in [-0.1, -0.05) is 19.4 Å². The Morgan fingerprint density at radius 2 is 2.04 bits per heavy atom. The van der Waals surface area contributed by atoms with Crippen molar-refractivity contribution in [3.8, 4) is 0 Å². The molecule has 1 aromatic heterocycles. The SMILES string of the molecule is CCCCOC(=O)/C=C/c1ccc2oc(=O)c(C(=O)OC)cc2c1. The first kappa shape index (κ1) is 17.5. The first-order valence-corrected chi connectivity index (χ1v) is 7.56. The van der Waals surface area contributed by atoms with Crippen molar-refractivity contribution < 1.29 is 23.5 Å². The van der Waals surface area contributed by atoms with Crippen LogP contribution in [0.2, 0.25) is 0 Å². The summed E-state index contributed by atoms with van der Waals surface area (Å²) in [4.78, 5) is 34.8. The van der Waals surface area contributed by atoms with E-state index in [9.17, 15) is 14.4 Å². The van der Waals surface area contributed by atoms with Crippen molar-refractivity contribution in [3.05, 3.63) is 51.9 Å². The highest BCUT2D eigenvalue weighted by molar-refractivity contribution is 5.93. The molecule has 6 heteroatoms. The molecule has 0 bridgehead atoms. The highest BCUT2D eigenvalue weighted by Crippen LogP contribution is 2.17. The number of benzene rings is 1. The van der Waals surface area contributed by atoms with E-state index in [0.29, 0.717) is 23.1 Å². The van der Waals surface area contributed by atoms with Crippen LogP contribution in [0.5, 0.6) is 0 Å². The highest BCUT2D eigenvalue weighted by Gasteiger charge is 2.13. The molecule has 0 saturated carbocycles. The molecule has 0 spiro atoms. The monoisotopic (exact) mass is 330 g/mol. The molecule has 24 heavy (non-hydrogen) atoms. The van der Waals surface area contributed by atoms with Crippen molar-refractivity contribution in [1.82, 2.24) is 0 Å². The molecule has 0 atom stereocenters. The van der Waals surface area contributed by atoms with Crippen LogP contribution in [0.15, 0.2) is 39.6 Å². The van der Waals surface area contributed by atoms with Crippen LogP contribution in [-0.4, -0.2) is 25.7 Å². The fourth-order valence-corrected chi connectivity index (χ4v) is 2.03. The van der Waals surface area contributed by atoms with Gasteiger partial charge in [-0.25, -0.2) is 14.4 Å². The third-order valence-electron chi connectivity index (χ3n) is 3.32. The van der Waals surface area contributed by atoms with Crippen molar-refractivity contribution in [1.29, 1.82) is 0 Å². The number of carbonyl (C=O) groups is 2. The van der Waals surface area contributed by atoms with Crippen LogP contribution in [0.4, 0.5) is 0 Å². The second-order valence-electron chi connectivity index (χ2n) is 5.09. The number of hydrogen-bond acceptors (Lipinski definition) is 6. The summed E-state index contributed by atoms with van der Waals surface area (Å²) in [6, 6.07) is 6.39. The Hall–Kier alpha value is -2.89. The minimum absolute atomic E-state index is 0.176. The highest BCUT2D eigenvalue weighted by atomic mass is 16.5. The van der Waals surface area contributed by atoms with Gasteiger partial charge in [0.15, 0.2) is 0 Å². The Morgan fingerprint density at radius 3 is 2.75 bits per heavy atom. The molecular formula is C18H18O6. The Kier molecular flexibility index (Phi) is 5.89. The first-order valence-electron chi connectivity index (χ1n) is 7.56. The van der Waals surface area contributed by atoms with Crippen molar-refractivity contribution >= 4 is 29.0 Å². The van der Waals surface area contributed by atoms with Gasteiger partial charge in [0.25, 0.3) is 0 Å². The summed E-state index contributed by atoms with van der Waals surface area (Å²) in [5.74, 6) is -1.18. The standard InChI is InChI=1S/C18H18O6/c1-3-4-9-23-16(19)8-6-12-5-7-15-13(10-12)11-14(17(20)22-2)18(21)24-15/h5-8,10-11H,3-4,9H2,1-2H3/b8-6+. The lowest BCUT2D eigenvalue weighted by Gasteiger charge is -2.02. The quantitative estimate of drug-likeness (QED) is 0.350. The molecule has 6 nitrogen and oxygen atoms in total. The Bertz CT molecular complexity index is 831. The minimum Gasteiger partial charge on any atom is -0.465 e. The number of fused-ring (bicyclic) bond motifs is 1. The van der Waals surface area contributed by atoms with Gasteiger partial charge >= 0.3 is 17.6 Å². The van der Waals surface area contributed by atoms with Gasteiger partial charge in [0.05, 0.1) is 13.7 Å². The van der Waals surface area contributed by atoms with Gasteiger partial charge in [0.1, 0.15) is 11.1 Å². The van der Waals surface area contributed by atoms with Crippen LogP contribution >= 0.6 is 0 Å². The molecule has 0 aliphatic rings. The molecule has 0 fully saturated rings. The third kappa shape index (κ3) is 4.32. The summed E-state index contributed by atoms with van der Waals surface area (Å²) in [6.07, 6.45) is 4.70. The lowest BCUT2D eigenvalue weighted by molar-refractivity contribution is -0.137. The normalized spacial score (nSPS) is 10.9. The van der Waals surface area contributed by atoms with E-state index in [1.165, 1.54) is 19.3 Å². The Morgan fingerprint density at radius 1 is 1.25 bits per heavy atom. The van der Waals surface area contributed by atoms with E-state index in [-0.39, 0.29) is 5.56 Å². The van der Waals surface area contributed by atoms with Gasteiger partial charge in [-0.2, -0.15) is 0 Å². The second-order valence-corrected chi connectivity index (χ2v) is 5.09. The molecule has 126 valence electrons. The third-order valence-corrected chi connectivity index (χ3v) is 3.32. The van der Waals surface area contributed by atoms with Crippen LogP contribution in [0.1, 0.15) is 35.7 Å². The minimum atomic E-state index is -0.758. The van der Waals surface area contributed by atoms with Crippen LogP contribution < -0.4 is 5.63 Å². The summed E-state index contributed by atoms with van der Waals surface area (Å²) >= 11 is 0. The van der Waals surface area contributed by atoms with E-state index in [0.717, 1.165) is 12.8 Å². The van der Waals surface area contributed by atoms with Gasteiger partial charge in [-0.3, -0.25) is 0 Å². The zero-order valence-electron chi connectivity index (χ0n) is 13.5. The molecular weight excluding hydrogens is 312 g/mol. The molecule has 0 radical (unpaired) electrons. The van der Waals surface area contributed by atoms with Crippen molar-refractivity contribution in [3.63, 3.8) is 0 Å². The molecule has 0 unspecified atom stereocenters. The van der Waals surface area contributed by atoms with Crippen LogP contribution in [0, 0.1) is 0 Å². The molecule has 2 aromatic rings. The fourth-order valence-electron chi connectivity index (χ4n) is 2.03. The largest absolute Gasteiger partial charge is 0.465 e. The summed E-state index contributed by atoms with van der Waals surface area (Å²) in [5, 5.41) is 0.552. The van der Waals surface area contributed by atoms with Crippen molar-refractivity contribution in [2.24, 2.45) is 0 Å². The zero-order valence-corrected chi connectivity index (χ0v) is 13.5. The molecule has 1 heterocycles. The number of methoxy groups -OCH3 is 1. The summed E-state index contributed by atoms with van der Waals surface area (Å²) in [6.45, 7) is 2.41. The van der Waals surface area contributed by atoms with E-state index in [1.54, 1.807) is 24.3 Å². The zero-order chi connectivity index (χ0) is 17.5. The van der Waals surface area contributed by atoms with Crippen molar-refractivity contribution in [2.45, 2.75) is 19.8 Å². The van der Waals surface area contributed by atoms with E-state index in [2.05, 4.69) is 4.74 Å². The maximum atomic E-state index is 11.7. The van der Waals surface area contributed by atoms with Gasteiger partial charge < -0.3 is 13.9 Å². The lowest BCUT2D eigenvalue weighted by Crippen LogP contribution is -2.14. The fraction of sp³-hybridized carbons (Fsp3) is 0.278. The summed E-state index contributed by atoms with van der Waals surface area (Å²) < 4.78 is 14.7. The van der Waals surface area contributed by atoms with Crippen LogP contribution in [0.3, 0.4) is 0 Å². The predicted molar refractivity (Wildman–Crippen MR) is 88.7 cm³/mol. The smallest absolute Gasteiger partial charge is 0.351 e. The summed E-state index contributed by atoms with van der Waals surface area (Å²) in [5.41, 5.74) is 0.122. The maximum absolute atomic E-state index is 11.7. The number of esters is 2. The predicted octanol–water partition coefficient (Wildman–Crippen LogP) is 2.94. The van der Waals surface area contributed by atoms with Gasteiger partial charge in [0.2, 0.25) is 0 Å². The van der Waals surface area contributed by atoms with Gasteiger partial charge in [-0.05, 0) is 36.3 Å². The van der Waals surface area contributed by atoms with Crippen LogP contribution in [0.25, 0.3) is 17.0 Å². The number of unbranched alkanes of at least 4 members (excludes halogenated alkanes) is 1. The molecule has 0 N–H and O–H groups in total. The second kappa shape index (κ2) is 8.10. The molecule has 0 aliphatic carbocycles.